The molecular formula is C14H20N2O3S. The lowest BCUT2D eigenvalue weighted by Gasteiger charge is -2.20. The van der Waals surface area contributed by atoms with Crippen molar-refractivity contribution in [1.29, 1.82) is 0 Å². The molecule has 0 spiro atoms. The molecule has 2 rings (SSSR count). The number of anilines is 1. The maximum atomic E-state index is 12.4. The van der Waals surface area contributed by atoms with Crippen molar-refractivity contribution in [2.24, 2.45) is 0 Å². The molecule has 20 heavy (non-hydrogen) atoms. The Hall–Kier alpha value is -1.40. The summed E-state index contributed by atoms with van der Waals surface area (Å²) in [6.07, 6.45) is 2.79. The van der Waals surface area contributed by atoms with Crippen LogP contribution in [0.3, 0.4) is 0 Å². The molecule has 0 fully saturated rings. The largest absolute Gasteiger partial charge is 0.326 e. The number of unbranched alkanes of at least 4 members (excludes halogenated alkanes) is 1. The Morgan fingerprint density at radius 3 is 2.75 bits per heavy atom. The lowest BCUT2D eigenvalue weighted by atomic mass is 10.0. The van der Waals surface area contributed by atoms with Gasteiger partial charge >= 0.3 is 0 Å². The van der Waals surface area contributed by atoms with Gasteiger partial charge in [0.25, 0.3) is 0 Å². The van der Waals surface area contributed by atoms with E-state index in [9.17, 15) is 13.2 Å². The van der Waals surface area contributed by atoms with Crippen molar-refractivity contribution in [1.82, 2.24) is 4.31 Å². The van der Waals surface area contributed by atoms with E-state index in [4.69, 9.17) is 0 Å². The molecule has 0 bridgehead atoms. The fourth-order valence-corrected chi connectivity index (χ4v) is 3.46. The van der Waals surface area contributed by atoms with Gasteiger partial charge in [-0.15, -0.1) is 0 Å². The van der Waals surface area contributed by atoms with Gasteiger partial charge in [0, 0.05) is 25.7 Å². The molecule has 0 aromatic heterocycles. The smallest absolute Gasteiger partial charge is 0.242 e. The van der Waals surface area contributed by atoms with Crippen LogP contribution >= 0.6 is 0 Å². The topological polar surface area (TPSA) is 66.5 Å². The summed E-state index contributed by atoms with van der Waals surface area (Å²) < 4.78 is 26.2. The minimum atomic E-state index is -3.44. The van der Waals surface area contributed by atoms with Crippen LogP contribution in [0.2, 0.25) is 0 Å². The van der Waals surface area contributed by atoms with E-state index in [1.165, 1.54) is 4.31 Å². The Morgan fingerprint density at radius 1 is 1.30 bits per heavy atom. The molecule has 1 aromatic rings. The van der Waals surface area contributed by atoms with Gasteiger partial charge in [0.15, 0.2) is 0 Å². The van der Waals surface area contributed by atoms with Crippen LogP contribution in [-0.2, 0) is 21.2 Å². The minimum Gasteiger partial charge on any atom is -0.326 e. The normalized spacial score (nSPS) is 15.1. The van der Waals surface area contributed by atoms with E-state index in [1.807, 2.05) is 6.92 Å². The summed E-state index contributed by atoms with van der Waals surface area (Å²) in [5.74, 6) is -0.0202. The average molecular weight is 296 g/mol. The van der Waals surface area contributed by atoms with Crippen molar-refractivity contribution in [3.05, 3.63) is 23.8 Å². The van der Waals surface area contributed by atoms with Crippen LogP contribution in [-0.4, -0.2) is 32.2 Å². The maximum absolute atomic E-state index is 12.4. The molecule has 0 saturated carbocycles. The van der Waals surface area contributed by atoms with E-state index >= 15 is 0 Å². The first-order chi connectivity index (χ1) is 9.45. The fraction of sp³-hybridized carbons (Fsp3) is 0.500. The zero-order valence-corrected chi connectivity index (χ0v) is 12.7. The molecule has 0 saturated heterocycles. The molecule has 5 nitrogen and oxygen atoms in total. The van der Waals surface area contributed by atoms with Gasteiger partial charge in [0.1, 0.15) is 0 Å². The SMILES string of the molecule is CCCCN(C)S(=O)(=O)c1ccc2c(c1)CCC(=O)N2. The number of aryl methyl sites for hydroxylation is 1. The highest BCUT2D eigenvalue weighted by atomic mass is 32.2. The summed E-state index contributed by atoms with van der Waals surface area (Å²) in [7, 11) is -1.83. The molecule has 1 aromatic carbocycles. The first-order valence-corrected chi connectivity index (χ1v) is 8.28. The molecule has 1 amide bonds. The van der Waals surface area contributed by atoms with Gasteiger partial charge in [-0.25, -0.2) is 12.7 Å². The predicted octanol–water partition coefficient (Wildman–Crippen LogP) is 1.99. The third-order valence-electron chi connectivity index (χ3n) is 3.51. The van der Waals surface area contributed by atoms with Crippen molar-refractivity contribution in [2.75, 3.05) is 18.9 Å². The van der Waals surface area contributed by atoms with Crippen LogP contribution in [0.25, 0.3) is 0 Å². The molecule has 1 N–H and O–H groups in total. The van der Waals surface area contributed by atoms with Gasteiger partial charge in [0.05, 0.1) is 4.90 Å². The van der Waals surface area contributed by atoms with Crippen LogP contribution in [0.4, 0.5) is 5.69 Å². The third kappa shape index (κ3) is 3.02. The molecule has 1 aliphatic heterocycles. The number of benzene rings is 1. The predicted molar refractivity (Wildman–Crippen MR) is 78.1 cm³/mol. The molecule has 1 aliphatic rings. The Balaban J connectivity index is 2.27. The van der Waals surface area contributed by atoms with E-state index in [2.05, 4.69) is 5.32 Å². The Bertz CT molecular complexity index is 611. The second kappa shape index (κ2) is 5.93. The van der Waals surface area contributed by atoms with E-state index in [0.29, 0.717) is 24.3 Å². The van der Waals surface area contributed by atoms with Gasteiger partial charge in [-0.3, -0.25) is 4.79 Å². The Morgan fingerprint density at radius 2 is 2.05 bits per heavy atom. The first-order valence-electron chi connectivity index (χ1n) is 6.84. The summed E-state index contributed by atoms with van der Waals surface area (Å²) in [5.41, 5.74) is 1.60. The number of carbonyl (C=O) groups is 1. The third-order valence-corrected chi connectivity index (χ3v) is 5.36. The second-order valence-electron chi connectivity index (χ2n) is 5.05. The number of fused-ring (bicyclic) bond motifs is 1. The van der Waals surface area contributed by atoms with Gasteiger partial charge in [-0.05, 0) is 36.6 Å². The molecule has 110 valence electrons. The molecule has 0 radical (unpaired) electrons. The van der Waals surface area contributed by atoms with E-state index in [1.54, 1.807) is 25.2 Å². The summed E-state index contributed by atoms with van der Waals surface area (Å²) in [6, 6.07) is 4.90. The Labute approximate surface area is 120 Å². The highest BCUT2D eigenvalue weighted by molar-refractivity contribution is 7.89. The molecule has 6 heteroatoms. The lowest BCUT2D eigenvalue weighted by Crippen LogP contribution is -2.28. The van der Waals surface area contributed by atoms with Gasteiger partial charge in [-0.2, -0.15) is 0 Å². The number of rotatable bonds is 5. The number of sulfonamides is 1. The van der Waals surface area contributed by atoms with Crippen LogP contribution in [0.1, 0.15) is 31.7 Å². The monoisotopic (exact) mass is 296 g/mol. The summed E-state index contributed by atoms with van der Waals surface area (Å²) in [4.78, 5) is 11.6. The zero-order chi connectivity index (χ0) is 14.8. The van der Waals surface area contributed by atoms with Gasteiger partial charge in [0.2, 0.25) is 15.9 Å². The fourth-order valence-electron chi connectivity index (χ4n) is 2.20. The molecular weight excluding hydrogens is 276 g/mol. The zero-order valence-electron chi connectivity index (χ0n) is 11.8. The number of carbonyl (C=O) groups excluding carboxylic acids is 1. The van der Waals surface area contributed by atoms with Crippen LogP contribution in [0.15, 0.2) is 23.1 Å². The standard InChI is InChI=1S/C14H20N2O3S/c1-3-4-9-16(2)20(18,19)12-6-7-13-11(10-12)5-8-14(17)15-13/h6-7,10H,3-5,8-9H2,1-2H3,(H,15,17). The average Bonchev–Trinajstić information content (AvgIpc) is 2.43. The van der Waals surface area contributed by atoms with Crippen molar-refractivity contribution in [3.63, 3.8) is 0 Å². The van der Waals surface area contributed by atoms with E-state index < -0.39 is 10.0 Å². The maximum Gasteiger partial charge on any atom is 0.242 e. The summed E-state index contributed by atoms with van der Waals surface area (Å²) in [5, 5.41) is 2.75. The molecule has 0 atom stereocenters. The first kappa shape index (κ1) is 15.0. The van der Waals surface area contributed by atoms with Crippen LogP contribution in [0.5, 0.6) is 0 Å². The number of hydrogen-bond acceptors (Lipinski definition) is 3. The van der Waals surface area contributed by atoms with Crippen LogP contribution < -0.4 is 5.32 Å². The van der Waals surface area contributed by atoms with Crippen molar-refractivity contribution in [3.8, 4) is 0 Å². The Kier molecular flexibility index (Phi) is 4.45. The van der Waals surface area contributed by atoms with E-state index in [0.717, 1.165) is 24.1 Å². The number of nitrogens with one attached hydrogen (secondary N) is 1. The quantitative estimate of drug-likeness (QED) is 0.903. The lowest BCUT2D eigenvalue weighted by molar-refractivity contribution is -0.116. The highest BCUT2D eigenvalue weighted by Gasteiger charge is 2.23. The summed E-state index contributed by atoms with van der Waals surface area (Å²) in [6.45, 7) is 2.55. The van der Waals surface area contributed by atoms with Gasteiger partial charge < -0.3 is 5.32 Å². The summed E-state index contributed by atoms with van der Waals surface area (Å²) >= 11 is 0. The molecule has 0 aliphatic carbocycles. The molecule has 0 unspecified atom stereocenters. The van der Waals surface area contributed by atoms with E-state index in [-0.39, 0.29) is 5.91 Å². The van der Waals surface area contributed by atoms with Crippen molar-refractivity contribution >= 4 is 21.6 Å². The number of amides is 1. The van der Waals surface area contributed by atoms with Crippen LogP contribution in [0, 0.1) is 0 Å². The van der Waals surface area contributed by atoms with Crippen molar-refractivity contribution < 1.29 is 13.2 Å². The number of nitrogens with zero attached hydrogens (tertiary/aromatic N) is 1. The highest BCUT2D eigenvalue weighted by Crippen LogP contribution is 2.26. The minimum absolute atomic E-state index is 0.0202. The van der Waals surface area contributed by atoms with Crippen molar-refractivity contribution in [2.45, 2.75) is 37.5 Å². The number of hydrogen-bond donors (Lipinski definition) is 1. The van der Waals surface area contributed by atoms with Gasteiger partial charge in [-0.1, -0.05) is 13.3 Å². The molecule has 1 heterocycles. The second-order valence-corrected chi connectivity index (χ2v) is 7.09.